The maximum Gasteiger partial charge on any atom is 0.0721 e. The fraction of sp³-hybridized carbons (Fsp3) is 0.500. The second-order valence-electron chi connectivity index (χ2n) is 10.3. The first-order valence-corrected chi connectivity index (χ1v) is 13.3. The van der Waals surface area contributed by atoms with Crippen molar-refractivity contribution in [3.05, 3.63) is 84.5 Å². The Morgan fingerprint density at radius 2 is 1.36 bits per heavy atom. The molecule has 2 saturated carbocycles. The summed E-state index contributed by atoms with van der Waals surface area (Å²) in [7, 11) is 0. The third-order valence-electron chi connectivity index (χ3n) is 8.21. The lowest BCUT2D eigenvalue weighted by molar-refractivity contribution is 0.149. The Balaban J connectivity index is 1.25. The summed E-state index contributed by atoms with van der Waals surface area (Å²) in [6.45, 7) is 7.09. The molecule has 2 aromatic rings. The first-order chi connectivity index (χ1) is 16.3. The number of rotatable bonds is 9. The molecule has 0 aliphatic heterocycles. The summed E-state index contributed by atoms with van der Waals surface area (Å²) in [5, 5.41) is 0. The van der Waals surface area contributed by atoms with Crippen LogP contribution in [-0.4, -0.2) is 6.61 Å². The van der Waals surface area contributed by atoms with Crippen LogP contribution < -0.4 is 0 Å². The van der Waals surface area contributed by atoms with E-state index in [9.17, 15) is 0 Å². The lowest BCUT2D eigenvalue weighted by Gasteiger charge is -2.38. The smallest absolute Gasteiger partial charge is 0.0721 e. The summed E-state index contributed by atoms with van der Waals surface area (Å²) < 4.78 is 5.54. The van der Waals surface area contributed by atoms with Crippen LogP contribution in [0.2, 0.25) is 0 Å². The molecule has 2 aliphatic carbocycles. The Labute approximate surface area is 202 Å². The lowest BCUT2D eigenvalue weighted by atomic mass is 9.68. The highest BCUT2D eigenvalue weighted by molar-refractivity contribution is 5.64. The highest BCUT2D eigenvalue weighted by Gasteiger charge is 2.31. The quantitative estimate of drug-likeness (QED) is 0.278. The number of allylic oxidation sites excluding steroid dienone is 2. The van der Waals surface area contributed by atoms with E-state index in [1.165, 1.54) is 74.5 Å². The molecule has 176 valence electrons. The highest BCUT2D eigenvalue weighted by atomic mass is 16.5. The van der Waals surface area contributed by atoms with E-state index < -0.39 is 0 Å². The van der Waals surface area contributed by atoms with Gasteiger partial charge in [0.25, 0.3) is 0 Å². The number of hydrogen-bond acceptors (Lipinski definition) is 1. The lowest BCUT2D eigenvalue weighted by Crippen LogP contribution is -2.25. The van der Waals surface area contributed by atoms with Gasteiger partial charge in [0.15, 0.2) is 0 Å². The average molecular weight is 443 g/mol. The zero-order chi connectivity index (χ0) is 22.9. The Morgan fingerprint density at radius 1 is 0.788 bits per heavy atom. The highest BCUT2D eigenvalue weighted by Crippen LogP contribution is 2.44. The van der Waals surface area contributed by atoms with Gasteiger partial charge < -0.3 is 4.74 Å². The fourth-order valence-corrected chi connectivity index (χ4v) is 6.15. The van der Waals surface area contributed by atoms with Gasteiger partial charge in [0.2, 0.25) is 0 Å². The van der Waals surface area contributed by atoms with Crippen LogP contribution >= 0.6 is 0 Å². The molecule has 2 aromatic carbocycles. The molecular formula is C32H42O. The largest absolute Gasteiger partial charge is 0.373 e. The van der Waals surface area contributed by atoms with Crippen molar-refractivity contribution in [2.45, 2.75) is 77.2 Å². The van der Waals surface area contributed by atoms with Crippen molar-refractivity contribution < 1.29 is 4.74 Å². The molecule has 0 bridgehead atoms. The first kappa shape index (κ1) is 24.0. The van der Waals surface area contributed by atoms with Crippen molar-refractivity contribution >= 4 is 0 Å². The number of hydrogen-bond donors (Lipinski definition) is 0. The Morgan fingerprint density at radius 3 is 1.94 bits per heavy atom. The van der Waals surface area contributed by atoms with E-state index in [2.05, 4.69) is 74.2 Å². The summed E-state index contributed by atoms with van der Waals surface area (Å²) in [4.78, 5) is 0. The molecular weight excluding hydrogens is 400 g/mol. The molecule has 1 nitrogen and oxygen atoms in total. The van der Waals surface area contributed by atoms with Crippen molar-refractivity contribution in [1.29, 1.82) is 0 Å². The normalized spacial score (nSPS) is 25.8. The van der Waals surface area contributed by atoms with Gasteiger partial charge in [-0.3, -0.25) is 0 Å². The minimum Gasteiger partial charge on any atom is -0.373 e. The molecule has 2 aliphatic rings. The summed E-state index contributed by atoms with van der Waals surface area (Å²) in [6, 6.07) is 18.2. The van der Waals surface area contributed by atoms with E-state index >= 15 is 0 Å². The molecule has 2 fully saturated rings. The van der Waals surface area contributed by atoms with Gasteiger partial charge >= 0.3 is 0 Å². The van der Waals surface area contributed by atoms with E-state index in [-0.39, 0.29) is 0 Å². The van der Waals surface area contributed by atoms with Gasteiger partial charge in [0.05, 0.1) is 13.2 Å². The molecule has 4 rings (SSSR count). The predicted molar refractivity (Wildman–Crippen MR) is 141 cm³/mol. The van der Waals surface area contributed by atoms with Gasteiger partial charge in [-0.2, -0.15) is 0 Å². The summed E-state index contributed by atoms with van der Waals surface area (Å²) in [5.74, 6) is 3.69. The van der Waals surface area contributed by atoms with Crippen LogP contribution in [0.15, 0.2) is 73.3 Å². The van der Waals surface area contributed by atoms with Crippen molar-refractivity contribution in [2.75, 3.05) is 6.61 Å². The minimum absolute atomic E-state index is 0.600. The first-order valence-electron chi connectivity index (χ1n) is 13.3. The van der Waals surface area contributed by atoms with E-state index in [1.807, 2.05) is 0 Å². The van der Waals surface area contributed by atoms with Crippen molar-refractivity contribution in [1.82, 2.24) is 0 Å². The van der Waals surface area contributed by atoms with E-state index in [0.29, 0.717) is 13.2 Å². The summed E-state index contributed by atoms with van der Waals surface area (Å²) >= 11 is 0. The van der Waals surface area contributed by atoms with Crippen LogP contribution in [0.5, 0.6) is 0 Å². The van der Waals surface area contributed by atoms with Gasteiger partial charge in [-0.15, -0.1) is 6.58 Å². The molecule has 0 atom stereocenters. The average Bonchev–Trinajstić information content (AvgIpc) is 2.89. The topological polar surface area (TPSA) is 9.23 Å². The van der Waals surface area contributed by atoms with Crippen molar-refractivity contribution in [3.63, 3.8) is 0 Å². The third-order valence-corrected chi connectivity index (χ3v) is 8.21. The second kappa shape index (κ2) is 12.4. The maximum absolute atomic E-state index is 5.54. The summed E-state index contributed by atoms with van der Waals surface area (Å²) in [6.07, 6.45) is 19.2. The van der Waals surface area contributed by atoms with Gasteiger partial charge in [-0.05, 0) is 111 Å². The zero-order valence-electron chi connectivity index (χ0n) is 20.6. The standard InChI is InChI=1S/C32H42O/c1-3-5-6-25-7-11-27(12-8-25)29-15-19-31(20-16-29)32-21-17-30(18-22-32)28-13-9-26(10-14-28)24-33-23-4-2/h3-5,9-10,13-14,17-18,21-22,25,27,29,31H,2,6-8,11-12,15-16,19-20,23-24H2,1H3/b5-3+. The monoisotopic (exact) mass is 442 g/mol. The maximum atomic E-state index is 5.54. The van der Waals surface area contributed by atoms with Gasteiger partial charge in [-0.25, -0.2) is 0 Å². The zero-order valence-corrected chi connectivity index (χ0v) is 20.6. The molecule has 1 heteroatoms. The molecule has 0 saturated heterocycles. The van der Waals surface area contributed by atoms with Crippen molar-refractivity contribution in [3.8, 4) is 11.1 Å². The fourth-order valence-electron chi connectivity index (χ4n) is 6.15. The molecule has 0 radical (unpaired) electrons. The van der Waals surface area contributed by atoms with Crippen LogP contribution in [0.3, 0.4) is 0 Å². The predicted octanol–water partition coefficient (Wildman–Crippen LogP) is 9.10. The summed E-state index contributed by atoms with van der Waals surface area (Å²) in [5.41, 5.74) is 5.34. The molecule has 0 spiro atoms. The van der Waals surface area contributed by atoms with Crippen LogP contribution in [0.4, 0.5) is 0 Å². The minimum atomic E-state index is 0.600. The van der Waals surface area contributed by atoms with Gasteiger partial charge in [-0.1, -0.05) is 66.8 Å². The molecule has 0 amide bonds. The third kappa shape index (κ3) is 6.70. The van der Waals surface area contributed by atoms with E-state index in [4.69, 9.17) is 4.74 Å². The number of benzene rings is 2. The van der Waals surface area contributed by atoms with Crippen LogP contribution in [0.25, 0.3) is 11.1 Å². The number of ether oxygens (including phenoxy) is 1. The molecule has 0 N–H and O–H groups in total. The van der Waals surface area contributed by atoms with Crippen LogP contribution in [-0.2, 0) is 11.3 Å². The van der Waals surface area contributed by atoms with Crippen LogP contribution in [0.1, 0.15) is 81.8 Å². The Hall–Kier alpha value is -2.12. The van der Waals surface area contributed by atoms with Crippen LogP contribution in [0, 0.1) is 17.8 Å². The molecule has 0 unspecified atom stereocenters. The van der Waals surface area contributed by atoms with E-state index in [0.717, 1.165) is 23.7 Å². The van der Waals surface area contributed by atoms with E-state index in [1.54, 1.807) is 11.6 Å². The SMILES string of the molecule is C=CCOCc1ccc(-c2ccc(C3CCC(C4CCC(C/C=C/C)CC4)CC3)cc2)cc1. The Bertz CT molecular complexity index is 860. The molecule has 0 heterocycles. The Kier molecular flexibility index (Phi) is 9.01. The molecule has 33 heavy (non-hydrogen) atoms. The van der Waals surface area contributed by atoms with Crippen molar-refractivity contribution in [2.24, 2.45) is 17.8 Å². The van der Waals surface area contributed by atoms with Gasteiger partial charge in [0.1, 0.15) is 0 Å². The van der Waals surface area contributed by atoms with Gasteiger partial charge in [0, 0.05) is 0 Å². The second-order valence-corrected chi connectivity index (χ2v) is 10.3. The molecule has 0 aromatic heterocycles.